The Kier molecular flexibility index (Phi) is 6.04. The van der Waals surface area contributed by atoms with Crippen LogP contribution >= 0.6 is 0 Å². The maximum Gasteiger partial charge on any atom is 0.255 e. The van der Waals surface area contributed by atoms with E-state index in [1.54, 1.807) is 0 Å². The van der Waals surface area contributed by atoms with Gasteiger partial charge in [-0.3, -0.25) is 9.59 Å². The molecule has 0 aliphatic rings. The number of amides is 2. The zero-order valence-electron chi connectivity index (χ0n) is 16.0. The summed E-state index contributed by atoms with van der Waals surface area (Å²) in [6.07, 6.45) is 0.490. The van der Waals surface area contributed by atoms with Gasteiger partial charge in [-0.2, -0.15) is 0 Å². The fourth-order valence-electron chi connectivity index (χ4n) is 3.07. The molecule has 2 amide bonds. The Morgan fingerprint density at radius 2 is 1.61 bits per heavy atom. The van der Waals surface area contributed by atoms with E-state index in [0.29, 0.717) is 30.1 Å². The van der Waals surface area contributed by atoms with Crippen molar-refractivity contribution >= 4 is 28.3 Å². The fraction of sp³-hybridized carbons (Fsp3) is 0.217. The first kappa shape index (κ1) is 19.5. The molecular weight excluding hydrogens is 355 g/mol. The molecular formula is C23H23FN2O2. The fourth-order valence-corrected chi connectivity index (χ4v) is 3.07. The van der Waals surface area contributed by atoms with Crippen LogP contribution in [-0.2, 0) is 11.3 Å². The van der Waals surface area contributed by atoms with E-state index >= 15 is 0 Å². The first-order valence-electron chi connectivity index (χ1n) is 9.28. The largest absolute Gasteiger partial charge is 0.352 e. The van der Waals surface area contributed by atoms with Crippen molar-refractivity contribution in [2.24, 2.45) is 5.92 Å². The second-order valence-electron chi connectivity index (χ2n) is 7.15. The van der Waals surface area contributed by atoms with Gasteiger partial charge in [-0.15, -0.1) is 0 Å². The number of anilines is 1. The average Bonchev–Trinajstić information content (AvgIpc) is 2.66. The second kappa shape index (κ2) is 8.65. The lowest BCUT2D eigenvalue weighted by molar-refractivity contribution is -0.121. The van der Waals surface area contributed by atoms with Gasteiger partial charge in [0.1, 0.15) is 5.82 Å². The molecule has 3 aromatic rings. The molecule has 0 saturated carbocycles. The molecule has 0 saturated heterocycles. The molecule has 0 aromatic heterocycles. The van der Waals surface area contributed by atoms with E-state index in [1.165, 1.54) is 24.3 Å². The minimum Gasteiger partial charge on any atom is -0.352 e. The van der Waals surface area contributed by atoms with Gasteiger partial charge in [-0.25, -0.2) is 4.39 Å². The minimum atomic E-state index is -0.383. The van der Waals surface area contributed by atoms with Crippen molar-refractivity contribution in [2.45, 2.75) is 26.8 Å². The summed E-state index contributed by atoms with van der Waals surface area (Å²) in [5.41, 5.74) is 2.03. The number of carbonyl (C=O) groups is 2. The summed E-state index contributed by atoms with van der Waals surface area (Å²) in [6, 6.07) is 16.9. The van der Waals surface area contributed by atoms with Gasteiger partial charge in [0.2, 0.25) is 5.91 Å². The predicted molar refractivity (Wildman–Crippen MR) is 110 cm³/mol. The van der Waals surface area contributed by atoms with Gasteiger partial charge in [0.25, 0.3) is 5.91 Å². The molecule has 0 atom stereocenters. The van der Waals surface area contributed by atoms with Gasteiger partial charge >= 0.3 is 0 Å². The van der Waals surface area contributed by atoms with Crippen LogP contribution in [0.4, 0.5) is 10.1 Å². The lowest BCUT2D eigenvalue weighted by atomic mass is 10.0. The van der Waals surface area contributed by atoms with Crippen LogP contribution < -0.4 is 10.6 Å². The number of hydrogen-bond donors (Lipinski definition) is 2. The number of carbonyl (C=O) groups excluding carboxylic acids is 2. The maximum absolute atomic E-state index is 13.1. The highest BCUT2D eigenvalue weighted by molar-refractivity contribution is 6.09. The molecule has 0 aliphatic heterocycles. The maximum atomic E-state index is 13.1. The molecule has 3 rings (SSSR count). The number of rotatable bonds is 6. The van der Waals surface area contributed by atoms with E-state index in [4.69, 9.17) is 0 Å². The summed E-state index contributed by atoms with van der Waals surface area (Å²) >= 11 is 0. The van der Waals surface area contributed by atoms with Gasteiger partial charge in [-0.1, -0.05) is 44.2 Å². The van der Waals surface area contributed by atoms with Gasteiger partial charge in [0.05, 0.1) is 0 Å². The Balaban J connectivity index is 1.82. The highest BCUT2D eigenvalue weighted by Crippen LogP contribution is 2.27. The predicted octanol–water partition coefficient (Wildman–Crippen LogP) is 4.89. The van der Waals surface area contributed by atoms with Crippen LogP contribution in [0.5, 0.6) is 0 Å². The van der Waals surface area contributed by atoms with E-state index in [0.717, 1.165) is 16.3 Å². The smallest absolute Gasteiger partial charge is 0.255 e. The van der Waals surface area contributed by atoms with E-state index < -0.39 is 0 Å². The lowest BCUT2D eigenvalue weighted by Crippen LogP contribution is -2.24. The molecule has 0 bridgehead atoms. The van der Waals surface area contributed by atoms with Crippen LogP contribution in [-0.4, -0.2) is 11.8 Å². The Bertz CT molecular complexity index is 997. The van der Waals surface area contributed by atoms with Crippen LogP contribution in [0.2, 0.25) is 0 Å². The van der Waals surface area contributed by atoms with Gasteiger partial charge in [0, 0.05) is 29.6 Å². The first-order valence-corrected chi connectivity index (χ1v) is 9.28. The minimum absolute atomic E-state index is 0.0211. The Labute approximate surface area is 163 Å². The molecule has 144 valence electrons. The van der Waals surface area contributed by atoms with E-state index in [2.05, 4.69) is 10.6 Å². The molecule has 5 heteroatoms. The van der Waals surface area contributed by atoms with Crippen molar-refractivity contribution < 1.29 is 14.0 Å². The molecule has 0 unspecified atom stereocenters. The third-order valence-corrected chi connectivity index (χ3v) is 4.44. The van der Waals surface area contributed by atoms with Gasteiger partial charge < -0.3 is 10.6 Å². The summed E-state index contributed by atoms with van der Waals surface area (Å²) in [4.78, 5) is 24.4. The van der Waals surface area contributed by atoms with Crippen LogP contribution in [0.25, 0.3) is 10.8 Å². The Hall–Kier alpha value is -3.21. The molecule has 0 fully saturated rings. The molecule has 0 aliphatic carbocycles. The second-order valence-corrected chi connectivity index (χ2v) is 7.15. The molecule has 0 radical (unpaired) electrons. The molecule has 28 heavy (non-hydrogen) atoms. The van der Waals surface area contributed by atoms with Gasteiger partial charge in [-0.05, 0) is 47.2 Å². The molecule has 0 heterocycles. The van der Waals surface area contributed by atoms with Gasteiger partial charge in [0.15, 0.2) is 0 Å². The zero-order chi connectivity index (χ0) is 20.1. The number of fused-ring (bicyclic) bond motifs is 1. The third kappa shape index (κ3) is 4.74. The highest BCUT2D eigenvalue weighted by atomic mass is 19.1. The van der Waals surface area contributed by atoms with Crippen molar-refractivity contribution in [3.8, 4) is 0 Å². The van der Waals surface area contributed by atoms with E-state index in [9.17, 15) is 14.0 Å². The monoisotopic (exact) mass is 378 g/mol. The first-order chi connectivity index (χ1) is 13.4. The van der Waals surface area contributed by atoms with Crippen molar-refractivity contribution in [3.05, 3.63) is 77.6 Å². The van der Waals surface area contributed by atoms with Crippen molar-refractivity contribution in [2.75, 3.05) is 5.32 Å². The Morgan fingerprint density at radius 3 is 2.32 bits per heavy atom. The SMILES string of the molecule is CC(C)CC(=O)NCc1cccc2c(NC(=O)c3ccc(F)cc3)cccc12. The van der Waals surface area contributed by atoms with Crippen molar-refractivity contribution in [3.63, 3.8) is 0 Å². The van der Waals surface area contributed by atoms with Crippen LogP contribution in [0.1, 0.15) is 36.2 Å². The number of hydrogen-bond acceptors (Lipinski definition) is 2. The summed E-state index contributed by atoms with van der Waals surface area (Å²) in [7, 11) is 0. The molecule has 0 spiro atoms. The standard InChI is InChI=1S/C23H23FN2O2/c1-15(2)13-22(27)25-14-17-5-3-7-20-19(17)6-4-8-21(20)26-23(28)16-9-11-18(24)12-10-16/h3-12,15H,13-14H2,1-2H3,(H,25,27)(H,26,28). The third-order valence-electron chi connectivity index (χ3n) is 4.44. The number of benzene rings is 3. The van der Waals surface area contributed by atoms with Crippen LogP contribution in [0.3, 0.4) is 0 Å². The van der Waals surface area contributed by atoms with Crippen molar-refractivity contribution in [1.29, 1.82) is 0 Å². The van der Waals surface area contributed by atoms with Crippen LogP contribution in [0, 0.1) is 11.7 Å². The summed E-state index contributed by atoms with van der Waals surface area (Å²) < 4.78 is 13.1. The molecule has 3 aromatic carbocycles. The quantitative estimate of drug-likeness (QED) is 0.641. The molecule has 2 N–H and O–H groups in total. The van der Waals surface area contributed by atoms with Crippen molar-refractivity contribution in [1.82, 2.24) is 5.32 Å². The summed E-state index contributed by atoms with van der Waals surface area (Å²) in [6.45, 7) is 4.44. The average molecular weight is 378 g/mol. The highest BCUT2D eigenvalue weighted by Gasteiger charge is 2.11. The number of nitrogens with one attached hydrogen (secondary N) is 2. The normalized spacial score (nSPS) is 10.9. The zero-order valence-corrected chi connectivity index (χ0v) is 16.0. The molecule has 4 nitrogen and oxygen atoms in total. The lowest BCUT2D eigenvalue weighted by Gasteiger charge is -2.13. The summed E-state index contributed by atoms with van der Waals surface area (Å²) in [5, 5.41) is 7.69. The number of halogens is 1. The topological polar surface area (TPSA) is 58.2 Å². The summed E-state index contributed by atoms with van der Waals surface area (Å²) in [5.74, 6) is -0.359. The van der Waals surface area contributed by atoms with E-state index in [-0.39, 0.29) is 17.6 Å². The van der Waals surface area contributed by atoms with E-state index in [1.807, 2.05) is 50.2 Å². The Morgan fingerprint density at radius 1 is 0.929 bits per heavy atom. The van der Waals surface area contributed by atoms with Crippen LogP contribution in [0.15, 0.2) is 60.7 Å².